The summed E-state index contributed by atoms with van der Waals surface area (Å²) in [6.07, 6.45) is 2.00. The Hall–Kier alpha value is -2.92. The molecule has 0 radical (unpaired) electrons. The quantitative estimate of drug-likeness (QED) is 0.162. The van der Waals surface area contributed by atoms with E-state index >= 15 is 4.79 Å². The van der Waals surface area contributed by atoms with Gasteiger partial charge in [0.15, 0.2) is 22.6 Å². The minimum Gasteiger partial charge on any atom is -0.507 e. The summed E-state index contributed by atoms with van der Waals surface area (Å²) in [4.78, 5) is 40.9. The van der Waals surface area contributed by atoms with Crippen LogP contribution in [0.25, 0.3) is 0 Å². The number of aliphatic hydroxyl groups is 2. The fourth-order valence-electron chi connectivity index (χ4n) is 10.4. The van der Waals surface area contributed by atoms with Crippen LogP contribution in [0, 0.1) is 17.8 Å². The van der Waals surface area contributed by atoms with Crippen LogP contribution in [0.1, 0.15) is 114 Å². The van der Waals surface area contributed by atoms with Crippen LogP contribution in [-0.4, -0.2) is 76.9 Å². The second kappa shape index (κ2) is 10.3. The highest BCUT2D eigenvalue weighted by Gasteiger charge is 2.91. The lowest BCUT2D eigenvalue weighted by atomic mass is 9.43. The molecule has 9 atom stereocenters. The Labute approximate surface area is 291 Å². The highest BCUT2D eigenvalue weighted by Crippen LogP contribution is 2.72. The molecule has 4 N–H and O–H groups in total. The monoisotopic (exact) mass is 698 g/mol. The lowest BCUT2D eigenvalue weighted by Crippen LogP contribution is -2.88. The Balaban J connectivity index is 1.55. The van der Waals surface area contributed by atoms with E-state index in [1.54, 1.807) is 13.8 Å². The summed E-state index contributed by atoms with van der Waals surface area (Å²) in [7, 11) is 0. The minimum atomic E-state index is -2.72. The molecule has 3 aliphatic heterocycles. The van der Waals surface area contributed by atoms with Gasteiger partial charge in [-0.05, 0) is 92.9 Å². The van der Waals surface area contributed by atoms with Crippen molar-refractivity contribution in [2.75, 3.05) is 0 Å². The third kappa shape index (κ3) is 4.26. The van der Waals surface area contributed by atoms with Crippen molar-refractivity contribution >= 4 is 29.1 Å². The van der Waals surface area contributed by atoms with E-state index < -0.39 is 68.4 Å². The maximum absolute atomic E-state index is 15.2. The number of aliphatic hydroxyl groups excluding tert-OH is 1. The molecule has 7 aliphatic rings. The molecular formula is C38H47ClO10. The van der Waals surface area contributed by atoms with E-state index in [1.807, 2.05) is 27.7 Å². The summed E-state index contributed by atoms with van der Waals surface area (Å²) in [5.41, 5.74) is -7.11. The van der Waals surface area contributed by atoms with Crippen molar-refractivity contribution in [3.05, 3.63) is 40.5 Å². The van der Waals surface area contributed by atoms with E-state index in [-0.39, 0.29) is 53.7 Å². The molecule has 8 rings (SSSR count). The molecule has 0 amide bonds. The number of carboxylic acid groups (broad SMARTS) is 1. The zero-order valence-corrected chi connectivity index (χ0v) is 30.0. The van der Waals surface area contributed by atoms with Crippen LogP contribution >= 0.6 is 11.6 Å². The number of phenolic OH excluding ortho intramolecular Hbond substituents is 1. The van der Waals surface area contributed by atoms with Gasteiger partial charge in [-0.2, -0.15) is 0 Å². The topological polar surface area (TPSA) is 160 Å². The fourth-order valence-corrected chi connectivity index (χ4v) is 10.5. The number of alkyl halides is 1. The van der Waals surface area contributed by atoms with Crippen LogP contribution in [0.2, 0.25) is 0 Å². The highest BCUT2D eigenvalue weighted by molar-refractivity contribution is 6.23. The molecular weight excluding hydrogens is 652 g/mol. The van der Waals surface area contributed by atoms with Crippen molar-refractivity contribution in [3.8, 4) is 17.2 Å². The lowest BCUT2D eigenvalue weighted by Gasteiger charge is -2.65. The molecule has 11 heteroatoms. The van der Waals surface area contributed by atoms with Crippen molar-refractivity contribution in [1.29, 1.82) is 0 Å². The molecule has 3 heterocycles. The van der Waals surface area contributed by atoms with Crippen molar-refractivity contribution < 1.29 is 49.0 Å². The van der Waals surface area contributed by atoms with Crippen LogP contribution in [-0.2, 0) is 20.7 Å². The average molecular weight is 699 g/mol. The second-order valence-corrected chi connectivity index (χ2v) is 17.9. The van der Waals surface area contributed by atoms with Crippen LogP contribution < -0.4 is 9.47 Å². The first kappa shape index (κ1) is 34.5. The number of aromatic hydroxyl groups is 1. The number of rotatable bonds is 7. The summed E-state index contributed by atoms with van der Waals surface area (Å²) in [5.74, 6) is -4.97. The van der Waals surface area contributed by atoms with Crippen LogP contribution in [0.3, 0.4) is 0 Å². The van der Waals surface area contributed by atoms with Gasteiger partial charge in [-0.1, -0.05) is 18.2 Å². The predicted molar refractivity (Wildman–Crippen MR) is 179 cm³/mol. The number of fused-ring (bicyclic) bond motifs is 5. The van der Waals surface area contributed by atoms with Crippen molar-refractivity contribution in [3.63, 3.8) is 0 Å². The molecule has 266 valence electrons. The minimum absolute atomic E-state index is 0.00230. The number of allylic oxidation sites excluding steroid dienone is 1. The Morgan fingerprint density at radius 3 is 2.41 bits per heavy atom. The summed E-state index contributed by atoms with van der Waals surface area (Å²) in [6, 6.07) is 0. The number of benzene rings is 1. The summed E-state index contributed by atoms with van der Waals surface area (Å²) >= 11 is 6.74. The molecule has 5 fully saturated rings. The normalized spacial score (nSPS) is 39.8. The molecule has 4 unspecified atom stereocenters. The Kier molecular flexibility index (Phi) is 7.28. The third-order valence-electron chi connectivity index (χ3n) is 12.8. The van der Waals surface area contributed by atoms with Crippen LogP contribution in [0.4, 0.5) is 0 Å². The first-order valence-corrected chi connectivity index (χ1v) is 17.7. The summed E-state index contributed by atoms with van der Waals surface area (Å²) in [5, 5.41) is 46.7. The van der Waals surface area contributed by atoms with E-state index in [1.165, 1.54) is 13.0 Å². The van der Waals surface area contributed by atoms with Gasteiger partial charge in [-0.15, -0.1) is 11.6 Å². The van der Waals surface area contributed by atoms with Gasteiger partial charge < -0.3 is 34.6 Å². The number of carboxylic acids is 1. The van der Waals surface area contributed by atoms with Gasteiger partial charge >= 0.3 is 5.97 Å². The van der Waals surface area contributed by atoms with Gasteiger partial charge in [-0.25, -0.2) is 4.79 Å². The van der Waals surface area contributed by atoms with E-state index in [4.69, 9.17) is 25.8 Å². The smallest absolute Gasteiger partial charge is 0.330 e. The average Bonchev–Trinajstić information content (AvgIpc) is 3.12. The molecule has 1 spiro atoms. The molecule has 1 aromatic rings. The van der Waals surface area contributed by atoms with Gasteiger partial charge in [0.1, 0.15) is 34.5 Å². The van der Waals surface area contributed by atoms with E-state index in [2.05, 4.69) is 6.58 Å². The largest absolute Gasteiger partial charge is 0.507 e. The van der Waals surface area contributed by atoms with Gasteiger partial charge in [0.2, 0.25) is 5.78 Å². The fraction of sp³-hybridized carbons (Fsp3) is 0.658. The maximum atomic E-state index is 15.2. The molecule has 1 aromatic carbocycles. The predicted octanol–water partition coefficient (Wildman–Crippen LogP) is 5.55. The number of hydrogen-bond acceptors (Lipinski definition) is 9. The lowest BCUT2D eigenvalue weighted by molar-refractivity contribution is -0.275. The summed E-state index contributed by atoms with van der Waals surface area (Å²) in [6.45, 7) is 16.8. The van der Waals surface area contributed by atoms with Crippen LogP contribution in [0.15, 0.2) is 23.8 Å². The number of aliphatic carboxylic acids is 1. The van der Waals surface area contributed by atoms with Gasteiger partial charge in [-0.3, -0.25) is 9.59 Å². The van der Waals surface area contributed by atoms with Crippen molar-refractivity contribution in [1.82, 2.24) is 0 Å². The number of hydrogen-bond donors (Lipinski definition) is 4. The van der Waals surface area contributed by atoms with Gasteiger partial charge in [0.25, 0.3) is 0 Å². The zero-order valence-electron chi connectivity index (χ0n) is 29.2. The molecule has 0 aromatic heterocycles. The number of ether oxygens (including phenoxy) is 3. The third-order valence-corrected chi connectivity index (χ3v) is 13.0. The summed E-state index contributed by atoms with van der Waals surface area (Å²) < 4.78 is 20.5. The van der Waals surface area contributed by atoms with E-state index in [0.717, 1.165) is 18.4 Å². The second-order valence-electron chi connectivity index (χ2n) is 16.9. The number of Topliss-reactive ketones (excluding diaryl/α,β-unsaturated/α-hetero) is 2. The number of carbonyl (C=O) groups excluding carboxylic acids is 2. The zero-order chi connectivity index (χ0) is 36.0. The standard InChI is InChI=1S/C38H47ClO10/c1-17(2)19-11-13-35(8)16-22(19)24-26(40)25-28(20(27(24)47-35)10-12-33(4,5)39)48-38-23-15-21(30(42)37(38,46)31(25)43)29(41)36(38,49-34(23,6)7)14-9-18(3)32(44)45/h9,19,21-23,30,40,42,46H,1,10-16H2,2-8H3,(H,44,45)/b18-9-/t19?,21-,22?,23-,30?,35-,36+,37?,38-/m1/s1. The van der Waals surface area contributed by atoms with E-state index in [9.17, 15) is 30.0 Å². The maximum Gasteiger partial charge on any atom is 0.330 e. The van der Waals surface area contributed by atoms with E-state index in [0.29, 0.717) is 29.7 Å². The van der Waals surface area contributed by atoms with Crippen LogP contribution in [0.5, 0.6) is 17.2 Å². The molecule has 6 bridgehead atoms. The Bertz CT molecular complexity index is 1750. The molecule has 1 saturated heterocycles. The van der Waals surface area contributed by atoms with Gasteiger partial charge in [0.05, 0.1) is 11.5 Å². The molecule has 49 heavy (non-hydrogen) atoms. The molecule has 4 aliphatic carbocycles. The first-order chi connectivity index (χ1) is 22.6. The number of carbonyl (C=O) groups is 3. The number of halogens is 1. The first-order valence-electron chi connectivity index (χ1n) is 17.3. The number of ketones is 2. The SMILES string of the molecule is C=C(C)C1CC[C@]2(C)CC1c1c(O)c3c(c(CCC(C)(C)Cl)c1O2)O[C@]12[C@@H]4C[C@H](C(=O)[C@]1(C/C=C(/C)C(=O)O)OC4(C)C)C(O)C2(O)C3=O. The molecule has 4 saturated carbocycles. The van der Waals surface area contributed by atoms with Gasteiger partial charge in [0, 0.05) is 39.8 Å². The van der Waals surface area contributed by atoms with Crippen molar-refractivity contribution in [2.24, 2.45) is 17.8 Å². The number of phenols is 1. The van der Waals surface area contributed by atoms with Crippen molar-refractivity contribution in [2.45, 2.75) is 138 Å². The highest BCUT2D eigenvalue weighted by atomic mass is 35.5. The molecule has 10 nitrogen and oxygen atoms in total. The Morgan fingerprint density at radius 1 is 1.12 bits per heavy atom. The Morgan fingerprint density at radius 2 is 1.80 bits per heavy atom.